The minimum absolute atomic E-state index is 0.109. The number of aryl methyl sites for hydroxylation is 1. The highest BCUT2D eigenvalue weighted by atomic mass is 32.1. The van der Waals surface area contributed by atoms with Crippen LogP contribution in [0.3, 0.4) is 0 Å². The van der Waals surface area contributed by atoms with Crippen LogP contribution in [0.2, 0.25) is 0 Å². The molecular weight excluding hydrogens is 248 g/mol. The van der Waals surface area contributed by atoms with Crippen molar-refractivity contribution in [3.05, 3.63) is 35.7 Å². The van der Waals surface area contributed by atoms with Crippen molar-refractivity contribution in [2.45, 2.75) is 26.2 Å². The minimum atomic E-state index is 0.109. The summed E-state index contributed by atoms with van der Waals surface area (Å²) in [6.07, 6.45) is 2.48. The Labute approximate surface area is 110 Å². The van der Waals surface area contributed by atoms with E-state index >= 15 is 0 Å². The van der Waals surface area contributed by atoms with E-state index in [1.54, 1.807) is 0 Å². The predicted octanol–water partition coefficient (Wildman–Crippen LogP) is 2.82. The summed E-state index contributed by atoms with van der Waals surface area (Å²) in [5.41, 5.74) is 0.979. The molecule has 5 heteroatoms. The summed E-state index contributed by atoms with van der Waals surface area (Å²) in [6.45, 7) is 2.20. The van der Waals surface area contributed by atoms with E-state index in [1.165, 1.54) is 11.5 Å². The van der Waals surface area contributed by atoms with Crippen LogP contribution in [0.5, 0.6) is 10.9 Å². The van der Waals surface area contributed by atoms with Crippen LogP contribution in [-0.4, -0.2) is 21.1 Å². The number of benzene rings is 1. The number of hydrogen-bond donors (Lipinski definition) is 1. The average Bonchev–Trinajstić information content (AvgIpc) is 2.80. The van der Waals surface area contributed by atoms with Gasteiger partial charge in [-0.1, -0.05) is 25.1 Å². The monoisotopic (exact) mass is 264 g/mol. The molecule has 0 fully saturated rings. The first-order valence-corrected chi connectivity index (χ1v) is 6.80. The van der Waals surface area contributed by atoms with E-state index in [9.17, 15) is 0 Å². The van der Waals surface area contributed by atoms with Crippen molar-refractivity contribution < 1.29 is 9.84 Å². The maximum absolute atomic E-state index is 9.00. The molecule has 96 valence electrons. The molecule has 0 aliphatic rings. The Balaban J connectivity index is 2.12. The molecule has 1 heterocycles. The first-order chi connectivity index (χ1) is 8.83. The van der Waals surface area contributed by atoms with Gasteiger partial charge in [0.05, 0.1) is 0 Å². The van der Waals surface area contributed by atoms with E-state index in [2.05, 4.69) is 16.3 Å². The van der Waals surface area contributed by atoms with E-state index < -0.39 is 0 Å². The number of rotatable bonds is 6. The molecular formula is C13H16N2O2S. The standard InChI is InChI=1S/C13H16N2O2S/c1-2-5-12-14-13(18-15-12)17-11-7-4-3-6-10(11)8-9-16/h3-4,6-7,16H,2,5,8-9H2,1H3. The zero-order valence-corrected chi connectivity index (χ0v) is 11.1. The number of nitrogens with zero attached hydrogens (tertiary/aromatic N) is 2. The Bertz CT molecular complexity index is 499. The van der Waals surface area contributed by atoms with Crippen molar-refractivity contribution in [3.63, 3.8) is 0 Å². The van der Waals surface area contributed by atoms with Gasteiger partial charge in [0, 0.05) is 24.6 Å². The van der Waals surface area contributed by atoms with Crippen molar-refractivity contribution in [1.82, 2.24) is 9.36 Å². The third kappa shape index (κ3) is 3.27. The Morgan fingerprint density at radius 3 is 2.89 bits per heavy atom. The fraction of sp³-hybridized carbons (Fsp3) is 0.385. The van der Waals surface area contributed by atoms with Crippen molar-refractivity contribution in [2.75, 3.05) is 6.61 Å². The second-order valence-electron chi connectivity index (χ2n) is 3.91. The lowest BCUT2D eigenvalue weighted by atomic mass is 10.1. The highest BCUT2D eigenvalue weighted by Gasteiger charge is 2.08. The smallest absolute Gasteiger partial charge is 0.298 e. The third-order valence-corrected chi connectivity index (χ3v) is 3.11. The van der Waals surface area contributed by atoms with E-state index in [-0.39, 0.29) is 6.61 Å². The maximum atomic E-state index is 9.00. The summed E-state index contributed by atoms with van der Waals surface area (Å²) in [5, 5.41) is 9.56. The van der Waals surface area contributed by atoms with Crippen LogP contribution in [0.4, 0.5) is 0 Å². The highest BCUT2D eigenvalue weighted by molar-refractivity contribution is 7.07. The van der Waals surface area contributed by atoms with E-state index in [0.717, 1.165) is 30.0 Å². The van der Waals surface area contributed by atoms with Gasteiger partial charge in [-0.3, -0.25) is 0 Å². The first kappa shape index (κ1) is 13.0. The lowest BCUT2D eigenvalue weighted by Crippen LogP contribution is -1.95. The summed E-state index contributed by atoms with van der Waals surface area (Å²) >= 11 is 1.27. The van der Waals surface area contributed by atoms with Gasteiger partial charge in [-0.2, -0.15) is 9.36 Å². The molecule has 2 rings (SSSR count). The molecule has 0 saturated carbocycles. The van der Waals surface area contributed by atoms with Crippen LogP contribution in [0, 0.1) is 0 Å². The molecule has 1 N–H and O–H groups in total. The van der Waals surface area contributed by atoms with Crippen LogP contribution in [0.15, 0.2) is 24.3 Å². The zero-order chi connectivity index (χ0) is 12.8. The van der Waals surface area contributed by atoms with Crippen LogP contribution in [0.25, 0.3) is 0 Å². The molecule has 0 amide bonds. The van der Waals surface area contributed by atoms with Crippen LogP contribution >= 0.6 is 11.5 Å². The quantitative estimate of drug-likeness (QED) is 0.871. The van der Waals surface area contributed by atoms with Crippen molar-refractivity contribution in [1.29, 1.82) is 0 Å². The molecule has 1 aromatic heterocycles. The van der Waals surface area contributed by atoms with Gasteiger partial charge in [-0.05, 0) is 24.5 Å². The summed E-state index contributed by atoms with van der Waals surface area (Å²) in [4.78, 5) is 4.32. The predicted molar refractivity (Wildman–Crippen MR) is 71.2 cm³/mol. The Kier molecular flexibility index (Phi) is 4.66. The van der Waals surface area contributed by atoms with Crippen LogP contribution in [0.1, 0.15) is 24.7 Å². The van der Waals surface area contributed by atoms with Crippen LogP contribution < -0.4 is 4.74 Å². The molecule has 0 bridgehead atoms. The summed E-state index contributed by atoms with van der Waals surface area (Å²) in [5.74, 6) is 1.57. The molecule has 0 aliphatic carbocycles. The van der Waals surface area contributed by atoms with Crippen molar-refractivity contribution in [3.8, 4) is 10.9 Å². The molecule has 0 saturated heterocycles. The van der Waals surface area contributed by atoms with Crippen molar-refractivity contribution in [2.24, 2.45) is 0 Å². The number of aromatic nitrogens is 2. The average molecular weight is 264 g/mol. The van der Waals surface area contributed by atoms with Gasteiger partial charge >= 0.3 is 0 Å². The first-order valence-electron chi connectivity index (χ1n) is 6.02. The molecule has 1 aromatic carbocycles. The second kappa shape index (κ2) is 6.47. The number of ether oxygens (including phenoxy) is 1. The normalized spacial score (nSPS) is 10.6. The van der Waals surface area contributed by atoms with Gasteiger partial charge in [0.2, 0.25) is 0 Å². The highest BCUT2D eigenvalue weighted by Crippen LogP contribution is 2.26. The molecule has 18 heavy (non-hydrogen) atoms. The van der Waals surface area contributed by atoms with Gasteiger partial charge in [-0.25, -0.2) is 0 Å². The lowest BCUT2D eigenvalue weighted by Gasteiger charge is -2.06. The maximum Gasteiger partial charge on any atom is 0.298 e. The molecule has 0 radical (unpaired) electrons. The van der Waals surface area contributed by atoms with E-state index in [4.69, 9.17) is 9.84 Å². The zero-order valence-electron chi connectivity index (χ0n) is 10.3. The van der Waals surface area contributed by atoms with Gasteiger partial charge in [0.15, 0.2) is 0 Å². The molecule has 2 aromatic rings. The van der Waals surface area contributed by atoms with E-state index in [1.807, 2.05) is 24.3 Å². The topological polar surface area (TPSA) is 55.2 Å². The third-order valence-electron chi connectivity index (χ3n) is 2.47. The summed E-state index contributed by atoms with van der Waals surface area (Å²) in [7, 11) is 0. The summed E-state index contributed by atoms with van der Waals surface area (Å²) < 4.78 is 9.96. The Morgan fingerprint density at radius 2 is 2.11 bits per heavy atom. The Morgan fingerprint density at radius 1 is 1.28 bits per heavy atom. The van der Waals surface area contributed by atoms with Crippen LogP contribution in [-0.2, 0) is 12.8 Å². The largest absolute Gasteiger partial charge is 0.430 e. The van der Waals surface area contributed by atoms with Gasteiger partial charge < -0.3 is 9.84 Å². The van der Waals surface area contributed by atoms with Crippen molar-refractivity contribution >= 4 is 11.5 Å². The van der Waals surface area contributed by atoms with E-state index in [0.29, 0.717) is 11.6 Å². The minimum Gasteiger partial charge on any atom is -0.430 e. The van der Waals surface area contributed by atoms with Gasteiger partial charge in [0.1, 0.15) is 11.6 Å². The fourth-order valence-electron chi connectivity index (χ4n) is 1.63. The SMILES string of the molecule is CCCc1nsc(Oc2ccccc2CCO)n1. The summed E-state index contributed by atoms with van der Waals surface area (Å²) in [6, 6.07) is 7.66. The second-order valence-corrected chi connectivity index (χ2v) is 4.62. The molecule has 4 nitrogen and oxygen atoms in total. The molecule has 0 aliphatic heterocycles. The number of aliphatic hydroxyl groups is 1. The van der Waals surface area contributed by atoms with Gasteiger partial charge in [0.25, 0.3) is 5.19 Å². The molecule has 0 spiro atoms. The number of hydrogen-bond acceptors (Lipinski definition) is 5. The van der Waals surface area contributed by atoms with Gasteiger partial charge in [-0.15, -0.1) is 0 Å². The Hall–Kier alpha value is -1.46. The molecule has 0 atom stereocenters. The number of aliphatic hydroxyl groups excluding tert-OH is 1. The lowest BCUT2D eigenvalue weighted by molar-refractivity contribution is 0.298. The number of para-hydroxylation sites is 1. The fourth-order valence-corrected chi connectivity index (χ4v) is 2.22. The molecule has 0 unspecified atom stereocenters.